The molecule has 1 N–H and O–H groups in total. The van der Waals surface area contributed by atoms with E-state index in [4.69, 9.17) is 4.74 Å². The molecule has 4 nitrogen and oxygen atoms in total. The van der Waals surface area contributed by atoms with Crippen molar-refractivity contribution in [3.05, 3.63) is 54.4 Å². The Kier molecular flexibility index (Phi) is 5.78. The van der Waals surface area contributed by atoms with E-state index in [2.05, 4.69) is 16.4 Å². The van der Waals surface area contributed by atoms with Gasteiger partial charge in [-0.15, -0.1) is 11.8 Å². The number of carbonyl (C=O) groups excluding carboxylic acids is 1. The predicted octanol–water partition coefficient (Wildman–Crippen LogP) is 3.35. The average Bonchev–Trinajstić information content (AvgIpc) is 2.54. The molecular weight excluding hydrogens is 284 g/mol. The second kappa shape index (κ2) is 7.81. The molecule has 0 saturated carbocycles. The van der Waals surface area contributed by atoms with E-state index in [0.717, 1.165) is 16.3 Å². The number of benzene rings is 1. The van der Waals surface area contributed by atoms with Gasteiger partial charge in [0.1, 0.15) is 6.10 Å². The Morgan fingerprint density at radius 3 is 2.71 bits per heavy atom. The van der Waals surface area contributed by atoms with Crippen LogP contribution in [0.5, 0.6) is 0 Å². The van der Waals surface area contributed by atoms with Crippen molar-refractivity contribution in [2.24, 2.45) is 0 Å². The van der Waals surface area contributed by atoms with Gasteiger partial charge in [-0.1, -0.05) is 6.07 Å². The summed E-state index contributed by atoms with van der Waals surface area (Å²) in [4.78, 5) is 16.9. The zero-order valence-corrected chi connectivity index (χ0v) is 12.9. The number of aromatic nitrogens is 1. The Labute approximate surface area is 128 Å². The monoisotopic (exact) mass is 302 g/mol. The highest BCUT2D eigenvalue weighted by Crippen LogP contribution is 2.23. The number of thioether (sulfide) groups is 1. The number of hydrogen-bond acceptors (Lipinski definition) is 4. The molecular formula is C16H18N2O2S. The lowest BCUT2D eigenvalue weighted by Crippen LogP contribution is -2.26. The van der Waals surface area contributed by atoms with Gasteiger partial charge in [0, 0.05) is 35.8 Å². The number of carbonyl (C=O) groups is 1. The molecule has 0 saturated heterocycles. The minimum atomic E-state index is -0.454. The largest absolute Gasteiger partial charge is 0.372 e. The summed E-state index contributed by atoms with van der Waals surface area (Å²) in [6, 6.07) is 11.8. The first kappa shape index (κ1) is 15.5. The summed E-state index contributed by atoms with van der Waals surface area (Å²) in [5.74, 6) is 0.730. The molecule has 0 spiro atoms. The molecule has 5 heteroatoms. The van der Waals surface area contributed by atoms with Crippen molar-refractivity contribution >= 4 is 23.4 Å². The third-order valence-corrected chi connectivity index (χ3v) is 4.06. The number of rotatable bonds is 6. The number of pyridine rings is 1. The van der Waals surface area contributed by atoms with Crippen molar-refractivity contribution in [2.75, 3.05) is 12.4 Å². The van der Waals surface area contributed by atoms with Crippen molar-refractivity contribution in [1.29, 1.82) is 0 Å². The first-order valence-corrected chi connectivity index (χ1v) is 7.63. The molecule has 1 unspecified atom stereocenters. The van der Waals surface area contributed by atoms with Gasteiger partial charge >= 0.3 is 0 Å². The average molecular weight is 302 g/mol. The summed E-state index contributed by atoms with van der Waals surface area (Å²) in [6.45, 7) is 1.72. The molecule has 21 heavy (non-hydrogen) atoms. The molecule has 0 radical (unpaired) electrons. The smallest absolute Gasteiger partial charge is 0.253 e. The van der Waals surface area contributed by atoms with Crippen LogP contribution in [-0.2, 0) is 15.3 Å². The third-order valence-electron chi connectivity index (χ3n) is 2.97. The summed E-state index contributed by atoms with van der Waals surface area (Å²) in [5, 5.41) is 2.81. The number of amides is 1. The maximum Gasteiger partial charge on any atom is 0.253 e. The molecule has 0 aliphatic heterocycles. The number of nitrogens with zero attached hydrogens (tertiary/aromatic N) is 1. The molecule has 0 fully saturated rings. The van der Waals surface area contributed by atoms with Gasteiger partial charge in [0.05, 0.1) is 0 Å². The summed E-state index contributed by atoms with van der Waals surface area (Å²) in [7, 11) is 1.52. The summed E-state index contributed by atoms with van der Waals surface area (Å²) in [6.07, 6.45) is 3.19. The Hall–Kier alpha value is -1.85. The van der Waals surface area contributed by atoms with Gasteiger partial charge in [-0.2, -0.15) is 0 Å². The van der Waals surface area contributed by atoms with Crippen LogP contribution in [-0.4, -0.2) is 24.1 Å². The molecule has 1 aromatic heterocycles. The van der Waals surface area contributed by atoms with E-state index in [1.165, 1.54) is 12.7 Å². The lowest BCUT2D eigenvalue weighted by atomic mass is 10.3. The molecule has 0 aliphatic rings. The highest BCUT2D eigenvalue weighted by atomic mass is 32.2. The van der Waals surface area contributed by atoms with E-state index in [1.54, 1.807) is 24.9 Å². The third kappa shape index (κ3) is 4.88. The Bertz CT molecular complexity index is 573. The van der Waals surface area contributed by atoms with E-state index in [0.29, 0.717) is 0 Å². The molecule has 0 aliphatic carbocycles. The highest BCUT2D eigenvalue weighted by molar-refractivity contribution is 7.98. The van der Waals surface area contributed by atoms with Gasteiger partial charge < -0.3 is 10.1 Å². The van der Waals surface area contributed by atoms with Crippen LogP contribution in [0.2, 0.25) is 0 Å². The van der Waals surface area contributed by atoms with Crippen molar-refractivity contribution in [3.8, 4) is 0 Å². The van der Waals surface area contributed by atoms with Crippen LogP contribution in [0, 0.1) is 0 Å². The predicted molar refractivity (Wildman–Crippen MR) is 85.3 cm³/mol. The minimum absolute atomic E-state index is 0.145. The van der Waals surface area contributed by atoms with Crippen LogP contribution in [0.1, 0.15) is 12.5 Å². The zero-order chi connectivity index (χ0) is 15.1. The van der Waals surface area contributed by atoms with Crippen LogP contribution in [0.25, 0.3) is 0 Å². The van der Waals surface area contributed by atoms with E-state index < -0.39 is 6.10 Å². The van der Waals surface area contributed by atoms with Crippen molar-refractivity contribution in [2.45, 2.75) is 23.7 Å². The lowest BCUT2D eigenvalue weighted by molar-refractivity contribution is -0.124. The van der Waals surface area contributed by atoms with Gasteiger partial charge in [-0.25, -0.2) is 0 Å². The fourth-order valence-electron chi connectivity index (χ4n) is 1.64. The van der Waals surface area contributed by atoms with Gasteiger partial charge in [-0.3, -0.25) is 9.78 Å². The van der Waals surface area contributed by atoms with Crippen molar-refractivity contribution in [1.82, 2.24) is 4.98 Å². The van der Waals surface area contributed by atoms with Crippen LogP contribution >= 0.6 is 11.8 Å². The Morgan fingerprint density at radius 1 is 1.33 bits per heavy atom. The first-order valence-electron chi connectivity index (χ1n) is 6.64. The molecule has 1 amide bonds. The van der Waals surface area contributed by atoms with Crippen LogP contribution in [0.3, 0.4) is 0 Å². The summed E-state index contributed by atoms with van der Waals surface area (Å²) in [5.41, 5.74) is 1.96. The second-order valence-corrected chi connectivity index (χ2v) is 5.59. The topological polar surface area (TPSA) is 51.2 Å². The quantitative estimate of drug-likeness (QED) is 0.831. The van der Waals surface area contributed by atoms with Crippen LogP contribution < -0.4 is 5.32 Å². The fourth-order valence-corrected chi connectivity index (χ4v) is 2.47. The first-order chi connectivity index (χ1) is 10.2. The molecule has 0 bridgehead atoms. The van der Waals surface area contributed by atoms with Gasteiger partial charge in [0.2, 0.25) is 0 Å². The second-order valence-electron chi connectivity index (χ2n) is 4.54. The zero-order valence-electron chi connectivity index (χ0n) is 12.1. The van der Waals surface area contributed by atoms with E-state index in [-0.39, 0.29) is 5.91 Å². The standard InChI is InChI=1S/C16H18N2O2S/c1-12(20-2)16(19)18-14-5-7-15(8-6-14)21-11-13-4-3-9-17-10-13/h3-10,12H,11H2,1-2H3,(H,18,19). The molecule has 2 aromatic rings. The number of nitrogens with one attached hydrogen (secondary N) is 1. The Morgan fingerprint density at radius 2 is 2.10 bits per heavy atom. The molecule has 1 heterocycles. The summed E-state index contributed by atoms with van der Waals surface area (Å²) < 4.78 is 4.97. The van der Waals surface area contributed by atoms with Crippen molar-refractivity contribution < 1.29 is 9.53 Å². The van der Waals surface area contributed by atoms with Gasteiger partial charge in [0.25, 0.3) is 5.91 Å². The summed E-state index contributed by atoms with van der Waals surface area (Å²) >= 11 is 1.73. The van der Waals surface area contributed by atoms with Crippen LogP contribution in [0.15, 0.2) is 53.7 Å². The SMILES string of the molecule is COC(C)C(=O)Nc1ccc(SCc2cccnc2)cc1. The minimum Gasteiger partial charge on any atom is -0.372 e. The molecule has 1 aromatic carbocycles. The number of methoxy groups -OCH3 is 1. The maximum atomic E-state index is 11.7. The fraction of sp³-hybridized carbons (Fsp3) is 0.250. The Balaban J connectivity index is 1.88. The normalized spacial score (nSPS) is 11.9. The van der Waals surface area contributed by atoms with E-state index >= 15 is 0 Å². The van der Waals surface area contributed by atoms with E-state index in [1.807, 2.05) is 36.5 Å². The molecule has 2 rings (SSSR count). The van der Waals surface area contributed by atoms with Crippen LogP contribution in [0.4, 0.5) is 5.69 Å². The molecule has 1 atom stereocenters. The number of ether oxygens (including phenoxy) is 1. The number of anilines is 1. The van der Waals surface area contributed by atoms with Gasteiger partial charge in [0.15, 0.2) is 0 Å². The number of hydrogen-bond donors (Lipinski definition) is 1. The molecule has 110 valence electrons. The van der Waals surface area contributed by atoms with Crippen molar-refractivity contribution in [3.63, 3.8) is 0 Å². The lowest BCUT2D eigenvalue weighted by Gasteiger charge is -2.10. The highest BCUT2D eigenvalue weighted by Gasteiger charge is 2.11. The maximum absolute atomic E-state index is 11.7. The van der Waals surface area contributed by atoms with E-state index in [9.17, 15) is 4.79 Å². The van der Waals surface area contributed by atoms with Gasteiger partial charge in [-0.05, 0) is 42.8 Å².